The zero-order valence-corrected chi connectivity index (χ0v) is 20.3. The number of amides is 2. The Bertz CT molecular complexity index is 667. The summed E-state index contributed by atoms with van der Waals surface area (Å²) >= 11 is 1.43. The van der Waals surface area contributed by atoms with Crippen LogP contribution in [0, 0.1) is 0 Å². The van der Waals surface area contributed by atoms with Gasteiger partial charge in [0.1, 0.15) is 12.6 Å². The summed E-state index contributed by atoms with van der Waals surface area (Å²) < 4.78 is 4.70. The summed E-state index contributed by atoms with van der Waals surface area (Å²) in [5, 5.41) is 13.9. The molecule has 1 atom stereocenters. The van der Waals surface area contributed by atoms with Crippen LogP contribution in [0.4, 0.5) is 4.79 Å². The number of rotatable bonds is 15. The van der Waals surface area contributed by atoms with E-state index in [-0.39, 0.29) is 26.3 Å². The Labute approximate surface area is 198 Å². The Morgan fingerprint density at radius 1 is 1.00 bits per heavy atom. The number of hydrogen-bond acceptors (Lipinski definition) is 5. The molecular formula is C24H42N2O5S. The number of thioether (sulfide) groups is 1. The van der Waals surface area contributed by atoms with Crippen LogP contribution in [0.3, 0.4) is 0 Å². The van der Waals surface area contributed by atoms with Crippen LogP contribution < -0.4 is 10.6 Å². The molecule has 0 aromatic carbocycles. The number of carbonyl (C=O) groups excluding carboxylic acids is 2. The molecule has 0 aromatic heterocycles. The monoisotopic (exact) mass is 470 g/mol. The molecule has 0 unspecified atom stereocenters. The third-order valence-corrected chi connectivity index (χ3v) is 5.23. The van der Waals surface area contributed by atoms with E-state index in [2.05, 4.69) is 56.6 Å². The Hall–Kier alpha value is -2.22. The molecule has 0 saturated carbocycles. The van der Waals surface area contributed by atoms with Crippen molar-refractivity contribution in [1.82, 2.24) is 10.6 Å². The van der Waals surface area contributed by atoms with E-state index in [1.54, 1.807) is 6.92 Å². The Balaban J connectivity index is 0. The van der Waals surface area contributed by atoms with Gasteiger partial charge in [-0.25, -0.2) is 9.59 Å². The Morgan fingerprint density at radius 2 is 1.59 bits per heavy atom. The average Bonchev–Trinajstić information content (AvgIpc) is 2.68. The SMILES string of the molecule is C.CCOC(=O)CNC(=O)N[C@@H](CSC/C=C(\C)CC/C=C(\C)CCC=C(C)C)C(=O)O. The molecule has 0 saturated heterocycles. The van der Waals surface area contributed by atoms with Gasteiger partial charge in [-0.2, -0.15) is 11.8 Å². The highest BCUT2D eigenvalue weighted by Gasteiger charge is 2.20. The largest absolute Gasteiger partial charge is 0.480 e. The number of urea groups is 1. The van der Waals surface area contributed by atoms with Crippen molar-refractivity contribution >= 4 is 29.7 Å². The van der Waals surface area contributed by atoms with Gasteiger partial charge in [0, 0.05) is 11.5 Å². The Morgan fingerprint density at radius 3 is 2.16 bits per heavy atom. The van der Waals surface area contributed by atoms with Gasteiger partial charge in [-0.15, -0.1) is 0 Å². The van der Waals surface area contributed by atoms with Crippen molar-refractivity contribution in [2.24, 2.45) is 0 Å². The van der Waals surface area contributed by atoms with Gasteiger partial charge in [-0.05, 0) is 60.3 Å². The van der Waals surface area contributed by atoms with Crippen LogP contribution in [0.2, 0.25) is 0 Å². The third kappa shape index (κ3) is 18.5. The van der Waals surface area contributed by atoms with E-state index >= 15 is 0 Å². The summed E-state index contributed by atoms with van der Waals surface area (Å²) in [4.78, 5) is 34.3. The number of hydrogen-bond donors (Lipinski definition) is 3. The van der Waals surface area contributed by atoms with Crippen LogP contribution in [-0.4, -0.2) is 53.8 Å². The minimum Gasteiger partial charge on any atom is -0.480 e. The lowest BCUT2D eigenvalue weighted by Crippen LogP contribution is -2.48. The third-order valence-electron chi connectivity index (χ3n) is 4.26. The van der Waals surface area contributed by atoms with Crippen LogP contribution in [0.5, 0.6) is 0 Å². The summed E-state index contributed by atoms with van der Waals surface area (Å²) in [7, 11) is 0. The summed E-state index contributed by atoms with van der Waals surface area (Å²) in [6.45, 7) is 10.0. The zero-order chi connectivity index (χ0) is 23.6. The summed E-state index contributed by atoms with van der Waals surface area (Å²) in [5.74, 6) is -0.786. The smallest absolute Gasteiger partial charge is 0.327 e. The number of carbonyl (C=O) groups is 3. The maximum Gasteiger partial charge on any atom is 0.327 e. The molecule has 2 amide bonds. The highest BCUT2D eigenvalue weighted by atomic mass is 32.2. The highest BCUT2D eigenvalue weighted by molar-refractivity contribution is 7.99. The average molecular weight is 471 g/mol. The second-order valence-corrected chi connectivity index (χ2v) is 8.60. The topological polar surface area (TPSA) is 105 Å². The number of esters is 1. The molecule has 184 valence electrons. The molecule has 0 aliphatic heterocycles. The predicted molar refractivity (Wildman–Crippen MR) is 134 cm³/mol. The van der Waals surface area contributed by atoms with Gasteiger partial charge in [0.25, 0.3) is 0 Å². The van der Waals surface area contributed by atoms with Crippen molar-refractivity contribution in [3.8, 4) is 0 Å². The molecule has 8 heteroatoms. The van der Waals surface area contributed by atoms with E-state index in [1.807, 2.05) is 0 Å². The first kappa shape index (κ1) is 32.0. The molecule has 0 radical (unpaired) electrons. The van der Waals surface area contributed by atoms with Gasteiger partial charge in [-0.1, -0.05) is 42.4 Å². The van der Waals surface area contributed by atoms with Gasteiger partial charge in [0.05, 0.1) is 6.61 Å². The van der Waals surface area contributed by atoms with E-state index in [4.69, 9.17) is 4.74 Å². The fourth-order valence-corrected chi connectivity index (χ4v) is 3.47. The fraction of sp³-hybridized carbons (Fsp3) is 0.625. The second kappa shape index (κ2) is 19.5. The summed E-state index contributed by atoms with van der Waals surface area (Å²) in [6, 6.07) is -1.74. The van der Waals surface area contributed by atoms with Gasteiger partial charge in [-0.3, -0.25) is 4.79 Å². The van der Waals surface area contributed by atoms with E-state index in [0.717, 1.165) is 25.7 Å². The molecule has 0 aliphatic carbocycles. The number of ether oxygens (including phenoxy) is 1. The molecule has 0 aliphatic rings. The van der Waals surface area contributed by atoms with Crippen molar-refractivity contribution in [3.63, 3.8) is 0 Å². The zero-order valence-electron chi connectivity index (χ0n) is 19.5. The maximum absolute atomic E-state index is 11.8. The minimum atomic E-state index is -1.12. The van der Waals surface area contributed by atoms with Crippen LogP contribution in [0.1, 0.15) is 67.7 Å². The molecule has 0 heterocycles. The number of carboxylic acids is 1. The Kier molecular flexibility index (Phi) is 19.4. The van der Waals surface area contributed by atoms with Crippen LogP contribution in [0.25, 0.3) is 0 Å². The summed E-state index contributed by atoms with van der Waals surface area (Å²) in [6.07, 6.45) is 10.8. The molecule has 0 aromatic rings. The van der Waals surface area contributed by atoms with Crippen LogP contribution >= 0.6 is 11.8 Å². The lowest BCUT2D eigenvalue weighted by Gasteiger charge is -2.14. The minimum absolute atomic E-state index is 0. The van der Waals surface area contributed by atoms with Crippen LogP contribution in [0.15, 0.2) is 34.9 Å². The quantitative estimate of drug-likeness (QED) is 0.175. The lowest BCUT2D eigenvalue weighted by molar-refractivity contribution is -0.141. The first-order chi connectivity index (χ1) is 14.6. The van der Waals surface area contributed by atoms with Crippen molar-refractivity contribution in [1.29, 1.82) is 0 Å². The molecule has 32 heavy (non-hydrogen) atoms. The first-order valence-electron chi connectivity index (χ1n) is 10.6. The molecule has 0 rings (SSSR count). The maximum atomic E-state index is 11.8. The highest BCUT2D eigenvalue weighted by Crippen LogP contribution is 2.13. The lowest BCUT2D eigenvalue weighted by atomic mass is 10.1. The van der Waals surface area contributed by atoms with E-state index in [0.29, 0.717) is 5.75 Å². The molecule has 0 fully saturated rings. The molecule has 7 nitrogen and oxygen atoms in total. The number of carboxylic acid groups (broad SMARTS) is 1. The van der Waals surface area contributed by atoms with Crippen molar-refractivity contribution in [3.05, 3.63) is 34.9 Å². The van der Waals surface area contributed by atoms with Gasteiger partial charge in [0.2, 0.25) is 0 Å². The number of aliphatic carboxylic acids is 1. The molecule has 3 N–H and O–H groups in total. The second-order valence-electron chi connectivity index (χ2n) is 7.52. The fourth-order valence-electron chi connectivity index (χ4n) is 2.47. The normalized spacial score (nSPS) is 12.3. The van der Waals surface area contributed by atoms with Gasteiger partial charge in [0.15, 0.2) is 0 Å². The van der Waals surface area contributed by atoms with Gasteiger partial charge < -0.3 is 20.5 Å². The molecule has 0 bridgehead atoms. The van der Waals surface area contributed by atoms with Crippen molar-refractivity contribution in [2.75, 3.05) is 24.7 Å². The van der Waals surface area contributed by atoms with Crippen LogP contribution in [-0.2, 0) is 14.3 Å². The molecular weight excluding hydrogens is 428 g/mol. The van der Waals surface area contributed by atoms with E-state index in [9.17, 15) is 19.5 Å². The first-order valence-corrected chi connectivity index (χ1v) is 11.8. The van der Waals surface area contributed by atoms with Crippen molar-refractivity contribution in [2.45, 2.75) is 73.8 Å². The van der Waals surface area contributed by atoms with Gasteiger partial charge >= 0.3 is 18.0 Å². The van der Waals surface area contributed by atoms with E-state index in [1.165, 1.54) is 28.5 Å². The number of nitrogens with one attached hydrogen (secondary N) is 2. The molecule has 0 spiro atoms. The number of allylic oxidation sites excluding steroid dienone is 5. The van der Waals surface area contributed by atoms with Crippen molar-refractivity contribution < 1.29 is 24.2 Å². The predicted octanol–water partition coefficient (Wildman–Crippen LogP) is 5.09. The summed E-state index contributed by atoms with van der Waals surface area (Å²) in [5.41, 5.74) is 4.01. The van der Waals surface area contributed by atoms with E-state index < -0.39 is 24.0 Å². The standard InChI is InChI=1S/C23H38N2O5S.CH4/c1-6-30-21(26)15-24-23(29)25-20(22(27)28)16-31-14-13-19(5)12-8-11-18(4)10-7-9-17(2)3;/h9,11,13,20H,6-8,10,12,14-16H2,1-5H3,(H,27,28)(H2,24,25,29);1H4/b18-11+,19-13+;/t20-;/m0./s1.